The number of aryl methyl sites for hydroxylation is 1. The number of hydrogen-bond acceptors (Lipinski definition) is 5. The highest BCUT2D eigenvalue weighted by molar-refractivity contribution is 5.76. The minimum Gasteiger partial charge on any atom is -0.464 e. The summed E-state index contributed by atoms with van der Waals surface area (Å²) in [5, 5.41) is 10.9. The Kier molecular flexibility index (Phi) is 5.73. The summed E-state index contributed by atoms with van der Waals surface area (Å²) in [6, 6.07) is 5.93. The molecule has 0 radical (unpaired) electrons. The fourth-order valence-corrected chi connectivity index (χ4v) is 3.45. The molecule has 1 saturated heterocycles. The Labute approximate surface area is 156 Å². The molecule has 8 nitrogen and oxygen atoms in total. The minimum atomic E-state index is -0.579. The van der Waals surface area contributed by atoms with Gasteiger partial charge in [0.1, 0.15) is 18.1 Å². The van der Waals surface area contributed by atoms with E-state index in [4.69, 9.17) is 4.42 Å². The van der Waals surface area contributed by atoms with Crippen molar-refractivity contribution >= 4 is 11.6 Å². The highest BCUT2D eigenvalue weighted by Crippen LogP contribution is 2.31. The summed E-state index contributed by atoms with van der Waals surface area (Å²) < 4.78 is 6.98. The second kappa shape index (κ2) is 8.20. The summed E-state index contributed by atoms with van der Waals surface area (Å²) in [4.78, 5) is 37.1. The summed E-state index contributed by atoms with van der Waals surface area (Å²) >= 11 is 0. The number of likely N-dealkylation sites (tertiary alicyclic amines) is 1. The lowest BCUT2D eigenvalue weighted by atomic mass is 10.1. The summed E-state index contributed by atoms with van der Waals surface area (Å²) in [7, 11) is 0. The average molecular weight is 373 g/mol. The van der Waals surface area contributed by atoms with Gasteiger partial charge in [-0.25, -0.2) is 0 Å². The number of hydrogen-bond donors (Lipinski definition) is 0. The third kappa shape index (κ3) is 4.27. The number of carbonyl (C=O) groups excluding carboxylic acids is 1. The van der Waals surface area contributed by atoms with Crippen molar-refractivity contribution in [3.63, 3.8) is 0 Å². The van der Waals surface area contributed by atoms with Crippen LogP contribution in [0, 0.1) is 10.1 Å². The van der Waals surface area contributed by atoms with Gasteiger partial charge in [0.05, 0.1) is 17.2 Å². The normalized spacial score (nSPS) is 17.5. The predicted octanol–water partition coefficient (Wildman–Crippen LogP) is 3.06. The van der Waals surface area contributed by atoms with E-state index in [2.05, 4.69) is 0 Å². The van der Waals surface area contributed by atoms with Gasteiger partial charge in [-0.05, 0) is 25.0 Å². The first kappa shape index (κ1) is 18.9. The molecule has 0 aliphatic carbocycles. The van der Waals surface area contributed by atoms with Crippen LogP contribution in [0.1, 0.15) is 50.2 Å². The second-order valence-corrected chi connectivity index (χ2v) is 6.72. The van der Waals surface area contributed by atoms with Gasteiger partial charge in [0, 0.05) is 25.1 Å². The van der Waals surface area contributed by atoms with E-state index < -0.39 is 10.5 Å². The Morgan fingerprint density at radius 2 is 2.07 bits per heavy atom. The zero-order valence-corrected chi connectivity index (χ0v) is 15.3. The number of furan rings is 1. The van der Waals surface area contributed by atoms with Crippen LogP contribution in [0.5, 0.6) is 0 Å². The van der Waals surface area contributed by atoms with Crippen molar-refractivity contribution in [1.82, 2.24) is 9.47 Å². The van der Waals surface area contributed by atoms with Crippen LogP contribution >= 0.6 is 0 Å². The highest BCUT2D eigenvalue weighted by Gasteiger charge is 2.29. The Morgan fingerprint density at radius 1 is 1.26 bits per heavy atom. The molecule has 0 saturated carbocycles. The number of amides is 1. The van der Waals surface area contributed by atoms with Crippen LogP contribution in [0.3, 0.4) is 0 Å². The zero-order valence-electron chi connectivity index (χ0n) is 15.3. The molecule has 144 valence electrons. The second-order valence-electron chi connectivity index (χ2n) is 6.72. The van der Waals surface area contributed by atoms with E-state index in [1.807, 2.05) is 19.1 Å². The molecule has 2 aromatic heterocycles. The number of nitrogens with zero attached hydrogens (tertiary/aromatic N) is 3. The van der Waals surface area contributed by atoms with Crippen molar-refractivity contribution in [2.24, 2.45) is 0 Å². The SMILES string of the molecule is CCc1ccc([C@@H]2CCCCCN2C(=O)Cn2cc([N+](=O)[O-])ccc2=O)o1. The van der Waals surface area contributed by atoms with Crippen LogP contribution in [-0.4, -0.2) is 26.8 Å². The van der Waals surface area contributed by atoms with Gasteiger partial charge in [-0.15, -0.1) is 0 Å². The first-order valence-electron chi connectivity index (χ1n) is 9.22. The maximum atomic E-state index is 13.0. The van der Waals surface area contributed by atoms with Gasteiger partial charge in [0.25, 0.3) is 11.2 Å². The quantitative estimate of drug-likeness (QED) is 0.592. The largest absolute Gasteiger partial charge is 0.464 e. The maximum Gasteiger partial charge on any atom is 0.285 e. The molecule has 1 aliphatic heterocycles. The Balaban J connectivity index is 1.85. The van der Waals surface area contributed by atoms with Crippen LogP contribution in [0.15, 0.2) is 39.7 Å². The van der Waals surface area contributed by atoms with Crippen molar-refractivity contribution in [2.75, 3.05) is 6.54 Å². The Morgan fingerprint density at radius 3 is 2.78 bits per heavy atom. The van der Waals surface area contributed by atoms with Crippen molar-refractivity contribution < 1.29 is 14.1 Å². The lowest BCUT2D eigenvalue weighted by Gasteiger charge is -2.29. The first-order chi connectivity index (χ1) is 13.0. The third-order valence-corrected chi connectivity index (χ3v) is 4.92. The molecule has 1 amide bonds. The molecule has 0 bridgehead atoms. The lowest BCUT2D eigenvalue weighted by molar-refractivity contribution is -0.385. The van der Waals surface area contributed by atoms with E-state index in [-0.39, 0.29) is 24.2 Å². The van der Waals surface area contributed by atoms with Gasteiger partial charge in [0.2, 0.25) is 5.91 Å². The number of pyridine rings is 1. The fourth-order valence-electron chi connectivity index (χ4n) is 3.45. The predicted molar refractivity (Wildman–Crippen MR) is 98.4 cm³/mol. The fraction of sp³-hybridized carbons (Fsp3) is 0.474. The van der Waals surface area contributed by atoms with Crippen LogP contribution in [-0.2, 0) is 17.8 Å². The maximum absolute atomic E-state index is 13.0. The molecule has 1 fully saturated rings. The molecule has 1 atom stereocenters. The Hall–Kier alpha value is -2.90. The third-order valence-electron chi connectivity index (χ3n) is 4.92. The van der Waals surface area contributed by atoms with Gasteiger partial charge < -0.3 is 9.32 Å². The topological polar surface area (TPSA) is 98.6 Å². The molecule has 0 spiro atoms. The highest BCUT2D eigenvalue weighted by atomic mass is 16.6. The van der Waals surface area contributed by atoms with Gasteiger partial charge in [0.15, 0.2) is 0 Å². The summed E-state index contributed by atoms with van der Waals surface area (Å²) in [6.07, 6.45) is 5.60. The minimum absolute atomic E-state index is 0.172. The molecule has 0 aromatic carbocycles. The van der Waals surface area contributed by atoms with Crippen molar-refractivity contribution in [3.05, 3.63) is 62.5 Å². The van der Waals surface area contributed by atoms with Crippen LogP contribution in [0.2, 0.25) is 0 Å². The smallest absolute Gasteiger partial charge is 0.285 e. The average Bonchev–Trinajstić information content (AvgIpc) is 2.99. The molecule has 3 rings (SSSR count). The molecule has 0 unspecified atom stereocenters. The lowest BCUT2D eigenvalue weighted by Crippen LogP contribution is -2.38. The van der Waals surface area contributed by atoms with Crippen molar-refractivity contribution in [2.45, 2.75) is 51.6 Å². The van der Waals surface area contributed by atoms with E-state index in [0.717, 1.165) is 66.5 Å². The molecular formula is C19H23N3O5. The van der Waals surface area contributed by atoms with E-state index in [1.165, 1.54) is 0 Å². The molecule has 3 heterocycles. The number of aromatic nitrogens is 1. The van der Waals surface area contributed by atoms with Crippen LogP contribution < -0.4 is 5.56 Å². The molecule has 8 heteroatoms. The summed E-state index contributed by atoms with van der Waals surface area (Å²) in [6.45, 7) is 2.36. The van der Waals surface area contributed by atoms with Crippen molar-refractivity contribution in [3.8, 4) is 0 Å². The van der Waals surface area contributed by atoms with Crippen molar-refractivity contribution in [1.29, 1.82) is 0 Å². The van der Waals surface area contributed by atoms with Gasteiger partial charge in [-0.2, -0.15) is 0 Å². The monoisotopic (exact) mass is 373 g/mol. The standard InChI is InChI=1S/C19H23N3O5/c1-2-15-8-9-17(27-15)16-6-4-3-5-11-21(16)19(24)13-20-12-14(22(25)26)7-10-18(20)23/h7-10,12,16H,2-6,11,13H2,1H3/t16-/m0/s1. The zero-order chi connectivity index (χ0) is 19.4. The van der Waals surface area contributed by atoms with E-state index in [1.54, 1.807) is 4.90 Å². The van der Waals surface area contributed by atoms with Gasteiger partial charge in [-0.3, -0.25) is 24.3 Å². The van der Waals surface area contributed by atoms with E-state index in [9.17, 15) is 19.7 Å². The number of carbonyl (C=O) groups is 1. The van der Waals surface area contributed by atoms with E-state index in [0.29, 0.717) is 6.54 Å². The summed E-state index contributed by atoms with van der Waals surface area (Å²) in [5.74, 6) is 1.39. The summed E-state index contributed by atoms with van der Waals surface area (Å²) in [5.41, 5.74) is -0.653. The molecule has 27 heavy (non-hydrogen) atoms. The van der Waals surface area contributed by atoms with Gasteiger partial charge in [-0.1, -0.05) is 19.8 Å². The number of rotatable bonds is 5. The van der Waals surface area contributed by atoms with E-state index >= 15 is 0 Å². The van der Waals surface area contributed by atoms with Crippen LogP contribution in [0.4, 0.5) is 5.69 Å². The molecule has 2 aromatic rings. The molecule has 1 aliphatic rings. The van der Waals surface area contributed by atoms with Crippen LogP contribution in [0.25, 0.3) is 0 Å². The first-order valence-corrected chi connectivity index (χ1v) is 9.22. The molecular weight excluding hydrogens is 350 g/mol. The molecule has 0 N–H and O–H groups in total. The Bertz CT molecular complexity index is 885. The number of nitro groups is 1. The van der Waals surface area contributed by atoms with Gasteiger partial charge >= 0.3 is 0 Å².